The number of hydrogen-bond acceptors (Lipinski definition) is 4. The molecule has 0 bridgehead atoms. The van der Waals surface area contributed by atoms with Crippen LogP contribution in [0.2, 0.25) is 0 Å². The molecule has 0 heterocycles. The third kappa shape index (κ3) is 4.61. The van der Waals surface area contributed by atoms with E-state index >= 15 is 0 Å². The summed E-state index contributed by atoms with van der Waals surface area (Å²) in [5.41, 5.74) is 7.12. The lowest BCUT2D eigenvalue weighted by Gasteiger charge is -2.11. The lowest BCUT2D eigenvalue weighted by atomic mass is 10.1. The van der Waals surface area contributed by atoms with Gasteiger partial charge in [0.05, 0.1) is 5.75 Å². The minimum absolute atomic E-state index is 0.0124. The largest absolute Gasteiger partial charge is 0.350 e. The monoisotopic (exact) mass is 296 g/mol. The Morgan fingerprint density at radius 3 is 2.45 bits per heavy atom. The van der Waals surface area contributed by atoms with E-state index in [1.54, 1.807) is 24.3 Å². The first-order valence-electron chi connectivity index (χ1n) is 6.65. The van der Waals surface area contributed by atoms with Crippen LogP contribution in [0.15, 0.2) is 24.3 Å². The van der Waals surface area contributed by atoms with Gasteiger partial charge in [0.15, 0.2) is 9.84 Å². The lowest BCUT2D eigenvalue weighted by Crippen LogP contribution is -2.38. The third-order valence-electron chi connectivity index (χ3n) is 3.37. The number of nitrogens with one attached hydrogen (secondary N) is 1. The van der Waals surface area contributed by atoms with Crippen LogP contribution in [0.5, 0.6) is 0 Å². The van der Waals surface area contributed by atoms with Gasteiger partial charge in [-0.1, -0.05) is 12.1 Å². The molecular weight excluding hydrogens is 276 g/mol. The highest BCUT2D eigenvalue weighted by molar-refractivity contribution is 7.89. The van der Waals surface area contributed by atoms with Crippen LogP contribution in [0.4, 0.5) is 0 Å². The van der Waals surface area contributed by atoms with Crippen LogP contribution in [0.1, 0.15) is 28.8 Å². The summed E-state index contributed by atoms with van der Waals surface area (Å²) in [5, 5.41) is 2.81. The second-order valence-electron chi connectivity index (χ2n) is 5.48. The third-order valence-corrected chi connectivity index (χ3v) is 4.23. The molecule has 0 spiro atoms. The normalized spacial score (nSPS) is 16.7. The van der Waals surface area contributed by atoms with Crippen molar-refractivity contribution >= 4 is 15.7 Å². The number of hydrogen-bond donors (Lipinski definition) is 2. The fourth-order valence-corrected chi connectivity index (χ4v) is 2.86. The minimum Gasteiger partial charge on any atom is -0.350 e. The maximum atomic E-state index is 11.9. The van der Waals surface area contributed by atoms with Crippen molar-refractivity contribution in [2.75, 3.05) is 12.8 Å². The van der Waals surface area contributed by atoms with Gasteiger partial charge in [-0.15, -0.1) is 0 Å². The molecule has 0 aliphatic heterocycles. The van der Waals surface area contributed by atoms with E-state index in [-0.39, 0.29) is 17.7 Å². The standard InChI is InChI=1S/C14H20N2O3S/c1-20(18,19)9-10-2-4-12(5-3-10)14(17)16-8-13(15)11-6-7-11/h2-5,11,13H,6-9,15H2,1H3,(H,16,17). The number of sulfone groups is 1. The number of carbonyl (C=O) groups is 1. The van der Waals surface area contributed by atoms with Crippen molar-refractivity contribution in [3.63, 3.8) is 0 Å². The summed E-state index contributed by atoms with van der Waals surface area (Å²) in [5.74, 6) is 0.362. The molecule has 1 aromatic carbocycles. The highest BCUT2D eigenvalue weighted by atomic mass is 32.2. The van der Waals surface area contributed by atoms with Gasteiger partial charge in [-0.25, -0.2) is 8.42 Å². The number of carbonyl (C=O) groups excluding carboxylic acids is 1. The van der Waals surface area contributed by atoms with Crippen LogP contribution in [0.3, 0.4) is 0 Å². The van der Waals surface area contributed by atoms with Crippen LogP contribution < -0.4 is 11.1 Å². The van der Waals surface area contributed by atoms with Crippen molar-refractivity contribution in [3.8, 4) is 0 Å². The predicted molar refractivity (Wildman–Crippen MR) is 78.0 cm³/mol. The second kappa shape index (κ2) is 5.93. The van der Waals surface area contributed by atoms with E-state index in [0.29, 0.717) is 23.6 Å². The zero-order chi connectivity index (χ0) is 14.8. The molecule has 1 amide bonds. The number of amides is 1. The first kappa shape index (κ1) is 15.0. The van der Waals surface area contributed by atoms with Gasteiger partial charge in [-0.3, -0.25) is 4.79 Å². The topological polar surface area (TPSA) is 89.3 Å². The van der Waals surface area contributed by atoms with E-state index in [4.69, 9.17) is 5.73 Å². The average molecular weight is 296 g/mol. The Bertz CT molecular complexity index is 577. The van der Waals surface area contributed by atoms with Crippen molar-refractivity contribution in [1.29, 1.82) is 0 Å². The molecule has 3 N–H and O–H groups in total. The molecule has 2 rings (SSSR count). The van der Waals surface area contributed by atoms with Gasteiger partial charge in [0.1, 0.15) is 0 Å². The van der Waals surface area contributed by atoms with Crippen LogP contribution in [-0.2, 0) is 15.6 Å². The average Bonchev–Trinajstić information content (AvgIpc) is 3.18. The number of rotatable bonds is 6. The maximum absolute atomic E-state index is 11.9. The molecule has 0 aromatic heterocycles. The van der Waals surface area contributed by atoms with Crippen molar-refractivity contribution in [2.45, 2.75) is 24.6 Å². The summed E-state index contributed by atoms with van der Waals surface area (Å²) in [7, 11) is -3.05. The van der Waals surface area contributed by atoms with Crippen LogP contribution in [0.25, 0.3) is 0 Å². The summed E-state index contributed by atoms with van der Waals surface area (Å²) in [6.45, 7) is 0.481. The van der Waals surface area contributed by atoms with Gasteiger partial charge in [-0.2, -0.15) is 0 Å². The molecular formula is C14H20N2O3S. The summed E-state index contributed by atoms with van der Waals surface area (Å²) >= 11 is 0. The Hall–Kier alpha value is -1.40. The predicted octanol–water partition coefficient (Wildman–Crippen LogP) is 0.698. The zero-order valence-electron chi connectivity index (χ0n) is 11.5. The van der Waals surface area contributed by atoms with E-state index in [1.807, 2.05) is 0 Å². The molecule has 6 heteroatoms. The van der Waals surface area contributed by atoms with E-state index in [1.165, 1.54) is 6.26 Å². The van der Waals surface area contributed by atoms with E-state index < -0.39 is 9.84 Å². The van der Waals surface area contributed by atoms with E-state index in [0.717, 1.165) is 12.8 Å². The Morgan fingerprint density at radius 2 is 1.95 bits per heavy atom. The molecule has 1 aliphatic carbocycles. The molecule has 1 aliphatic rings. The van der Waals surface area contributed by atoms with Gasteiger partial charge in [0.2, 0.25) is 0 Å². The number of benzene rings is 1. The highest BCUT2D eigenvalue weighted by Gasteiger charge is 2.28. The van der Waals surface area contributed by atoms with E-state index in [9.17, 15) is 13.2 Å². The minimum atomic E-state index is -3.05. The fraction of sp³-hybridized carbons (Fsp3) is 0.500. The summed E-state index contributed by atoms with van der Waals surface area (Å²) < 4.78 is 22.3. The van der Waals surface area contributed by atoms with Crippen molar-refractivity contribution in [1.82, 2.24) is 5.32 Å². The maximum Gasteiger partial charge on any atom is 0.251 e. The van der Waals surface area contributed by atoms with Crippen LogP contribution >= 0.6 is 0 Å². The Labute approximate surface area is 119 Å². The Balaban J connectivity index is 1.89. The van der Waals surface area contributed by atoms with Crippen molar-refractivity contribution < 1.29 is 13.2 Å². The molecule has 1 aromatic rings. The Kier molecular flexibility index (Phi) is 4.45. The molecule has 1 fully saturated rings. The van der Waals surface area contributed by atoms with Gasteiger partial charge in [0.25, 0.3) is 5.91 Å². The first-order chi connectivity index (χ1) is 9.35. The van der Waals surface area contributed by atoms with Gasteiger partial charge in [0, 0.05) is 24.4 Å². The first-order valence-corrected chi connectivity index (χ1v) is 8.71. The smallest absolute Gasteiger partial charge is 0.251 e. The summed E-state index contributed by atoms with van der Waals surface area (Å²) in [6, 6.07) is 6.63. The summed E-state index contributed by atoms with van der Waals surface area (Å²) in [6.07, 6.45) is 3.49. The van der Waals surface area contributed by atoms with Gasteiger partial charge in [-0.05, 0) is 36.5 Å². The lowest BCUT2D eigenvalue weighted by molar-refractivity contribution is 0.0950. The molecule has 5 nitrogen and oxygen atoms in total. The Morgan fingerprint density at radius 1 is 1.35 bits per heavy atom. The van der Waals surface area contributed by atoms with Crippen molar-refractivity contribution in [2.24, 2.45) is 11.7 Å². The molecule has 1 atom stereocenters. The van der Waals surface area contributed by atoms with E-state index in [2.05, 4.69) is 5.32 Å². The molecule has 20 heavy (non-hydrogen) atoms. The quantitative estimate of drug-likeness (QED) is 0.808. The second-order valence-corrected chi connectivity index (χ2v) is 7.62. The van der Waals surface area contributed by atoms with Gasteiger partial charge >= 0.3 is 0 Å². The summed E-state index contributed by atoms with van der Waals surface area (Å²) in [4.78, 5) is 11.9. The molecule has 0 saturated heterocycles. The van der Waals surface area contributed by atoms with Crippen LogP contribution in [0, 0.1) is 5.92 Å². The SMILES string of the molecule is CS(=O)(=O)Cc1ccc(C(=O)NCC(N)C2CC2)cc1. The molecule has 0 radical (unpaired) electrons. The van der Waals surface area contributed by atoms with Crippen molar-refractivity contribution in [3.05, 3.63) is 35.4 Å². The molecule has 110 valence electrons. The zero-order valence-corrected chi connectivity index (χ0v) is 12.3. The fourth-order valence-electron chi connectivity index (χ4n) is 2.06. The molecule has 1 saturated carbocycles. The number of nitrogens with two attached hydrogens (primary N) is 1. The highest BCUT2D eigenvalue weighted by Crippen LogP contribution is 2.31. The van der Waals surface area contributed by atoms with Crippen LogP contribution in [-0.4, -0.2) is 33.2 Å². The van der Waals surface area contributed by atoms with Gasteiger partial charge < -0.3 is 11.1 Å². The molecule has 1 unspecified atom stereocenters.